The summed E-state index contributed by atoms with van der Waals surface area (Å²) in [6, 6.07) is 32.5. The molecule has 0 N–H and O–H groups in total. The molecule has 0 saturated heterocycles. The molecule has 3 aromatic carbocycles. The van der Waals surface area contributed by atoms with Gasteiger partial charge in [0.1, 0.15) is 6.29 Å². The lowest BCUT2D eigenvalue weighted by Crippen LogP contribution is -2.67. The number of alkyl halides is 1. The summed E-state index contributed by atoms with van der Waals surface area (Å²) in [5.41, 5.74) is 0.840. The number of rotatable bonds is 9. The van der Waals surface area contributed by atoms with Gasteiger partial charge in [-0.05, 0) is 51.6 Å². The van der Waals surface area contributed by atoms with Crippen molar-refractivity contribution in [3.63, 3.8) is 0 Å². The predicted octanol–water partition coefficient (Wildman–Crippen LogP) is 7.54. The summed E-state index contributed by atoms with van der Waals surface area (Å²) in [5, 5.41) is 2.57. The summed E-state index contributed by atoms with van der Waals surface area (Å²) < 4.78 is 14.8. The Morgan fingerprint density at radius 3 is 1.98 bits per heavy atom. The molecule has 3 aromatic rings. The van der Waals surface area contributed by atoms with Gasteiger partial charge in [-0.1, -0.05) is 147 Å². The molecule has 3 nitrogen and oxygen atoms in total. The van der Waals surface area contributed by atoms with Crippen LogP contribution in [0, 0.1) is 35.0 Å². The minimum atomic E-state index is -2.66. The standard InChI is InChI=1S/C39H45BrO3Si/c1-38(2,3)44(29-16-10-6-11-17-29,30-18-12-7-13-19-30)42-24-32-27-20-21-28(22-27)36(32)43-37-33-23-31(35(37)40)34(39(33,4)25-41)26-14-8-5-9-15-26/h5-21,25,27-28,31-37H,22-24H2,1-4H3/t27-,28+,31-,32-,33-,34-,35-,36+,37-,39+/m1/s1. The van der Waals surface area contributed by atoms with Gasteiger partial charge in [-0.15, -0.1) is 0 Å². The normalized spacial score (nSPS) is 35.8. The number of carbonyl (C=O) groups is 1. The Hall–Kier alpha value is -2.31. The van der Waals surface area contributed by atoms with Gasteiger partial charge >= 0.3 is 0 Å². The van der Waals surface area contributed by atoms with Gasteiger partial charge in [0.2, 0.25) is 0 Å². The fourth-order valence-electron chi connectivity index (χ4n) is 9.70. The molecule has 4 aliphatic rings. The molecule has 0 amide bonds. The van der Waals surface area contributed by atoms with E-state index in [-0.39, 0.29) is 39.8 Å². The molecule has 0 radical (unpaired) electrons. The zero-order valence-electron chi connectivity index (χ0n) is 26.3. The van der Waals surface area contributed by atoms with Gasteiger partial charge in [0.25, 0.3) is 8.32 Å². The third-order valence-corrected chi connectivity index (χ3v) is 17.9. The average molecular weight is 670 g/mol. The molecule has 0 aliphatic heterocycles. The predicted molar refractivity (Wildman–Crippen MR) is 184 cm³/mol. The maximum atomic E-state index is 12.9. The molecule has 5 heteroatoms. The Balaban J connectivity index is 1.18. The molecule has 4 bridgehead atoms. The van der Waals surface area contributed by atoms with Crippen LogP contribution in [0.3, 0.4) is 0 Å². The van der Waals surface area contributed by atoms with Crippen molar-refractivity contribution in [2.75, 3.05) is 6.61 Å². The maximum Gasteiger partial charge on any atom is 0.261 e. The van der Waals surface area contributed by atoms with Crippen molar-refractivity contribution in [2.45, 2.75) is 68.5 Å². The first-order valence-corrected chi connectivity index (χ1v) is 19.3. The molecular formula is C39H45BrO3Si. The van der Waals surface area contributed by atoms with Crippen LogP contribution in [-0.2, 0) is 14.0 Å². The van der Waals surface area contributed by atoms with Crippen molar-refractivity contribution < 1.29 is 14.0 Å². The highest BCUT2D eigenvalue weighted by atomic mass is 79.9. The van der Waals surface area contributed by atoms with Crippen LogP contribution in [0.25, 0.3) is 0 Å². The summed E-state index contributed by atoms with van der Waals surface area (Å²) in [7, 11) is -2.66. The largest absolute Gasteiger partial charge is 0.407 e. The fourth-order valence-corrected chi connectivity index (χ4v) is 15.3. The van der Waals surface area contributed by atoms with Crippen LogP contribution in [0.1, 0.15) is 52.0 Å². The molecule has 4 aliphatic carbocycles. The molecule has 7 rings (SSSR count). The average Bonchev–Trinajstić information content (AvgIpc) is 3.79. The highest BCUT2D eigenvalue weighted by molar-refractivity contribution is 9.09. The fraction of sp³-hybridized carbons (Fsp3) is 0.462. The molecule has 3 saturated carbocycles. The number of benzene rings is 3. The van der Waals surface area contributed by atoms with Crippen LogP contribution in [-0.4, -0.2) is 38.2 Å². The maximum absolute atomic E-state index is 12.9. The molecule has 10 atom stereocenters. The number of hydrogen-bond acceptors (Lipinski definition) is 3. The molecule has 0 aromatic heterocycles. The van der Waals surface area contributed by atoms with Crippen LogP contribution in [0.15, 0.2) is 103 Å². The monoisotopic (exact) mass is 668 g/mol. The smallest absolute Gasteiger partial charge is 0.261 e. The molecule has 3 fully saturated rings. The number of hydrogen-bond donors (Lipinski definition) is 0. The zero-order chi connectivity index (χ0) is 30.7. The van der Waals surface area contributed by atoms with Gasteiger partial charge in [-0.25, -0.2) is 0 Å². The van der Waals surface area contributed by atoms with Gasteiger partial charge in [-0.2, -0.15) is 0 Å². The molecule has 0 heterocycles. The lowest BCUT2D eigenvalue weighted by atomic mass is 9.64. The number of allylic oxidation sites excluding steroid dienone is 1. The number of ether oxygens (including phenoxy) is 1. The Bertz CT molecular complexity index is 1450. The highest BCUT2D eigenvalue weighted by Crippen LogP contribution is 2.65. The first-order valence-electron chi connectivity index (χ1n) is 16.4. The van der Waals surface area contributed by atoms with Crippen molar-refractivity contribution in [1.29, 1.82) is 0 Å². The molecular weight excluding hydrogens is 624 g/mol. The second-order valence-electron chi connectivity index (χ2n) is 15.0. The van der Waals surface area contributed by atoms with E-state index in [0.717, 1.165) is 12.8 Å². The van der Waals surface area contributed by atoms with Gasteiger partial charge in [-0.3, -0.25) is 0 Å². The summed E-state index contributed by atoms with van der Waals surface area (Å²) in [4.78, 5) is 13.1. The first kappa shape index (κ1) is 30.3. The molecule has 230 valence electrons. The van der Waals surface area contributed by atoms with Gasteiger partial charge in [0.05, 0.1) is 12.2 Å². The quantitative estimate of drug-likeness (QED) is 0.102. The van der Waals surface area contributed by atoms with E-state index < -0.39 is 13.7 Å². The number of fused-ring (bicyclic) bond motifs is 4. The van der Waals surface area contributed by atoms with E-state index in [0.29, 0.717) is 24.4 Å². The van der Waals surface area contributed by atoms with E-state index in [9.17, 15) is 4.79 Å². The molecule has 0 unspecified atom stereocenters. The lowest BCUT2D eigenvalue weighted by Gasteiger charge is -2.46. The van der Waals surface area contributed by atoms with Crippen molar-refractivity contribution in [1.82, 2.24) is 0 Å². The highest BCUT2D eigenvalue weighted by Gasteiger charge is 2.65. The minimum absolute atomic E-state index is 0.0169. The Kier molecular flexibility index (Phi) is 7.92. The Morgan fingerprint density at radius 2 is 1.41 bits per heavy atom. The minimum Gasteiger partial charge on any atom is -0.407 e. The van der Waals surface area contributed by atoms with E-state index in [1.807, 2.05) is 0 Å². The van der Waals surface area contributed by atoms with Gasteiger partial charge in [0, 0.05) is 34.6 Å². The van der Waals surface area contributed by atoms with E-state index in [1.54, 1.807) is 0 Å². The second kappa shape index (κ2) is 11.5. The van der Waals surface area contributed by atoms with Crippen molar-refractivity contribution in [3.8, 4) is 0 Å². The van der Waals surface area contributed by atoms with E-state index in [1.165, 1.54) is 22.2 Å². The zero-order valence-corrected chi connectivity index (χ0v) is 28.9. The van der Waals surface area contributed by atoms with E-state index in [2.05, 4.69) is 147 Å². The van der Waals surface area contributed by atoms with E-state index in [4.69, 9.17) is 9.16 Å². The third kappa shape index (κ3) is 4.68. The Morgan fingerprint density at radius 1 is 0.841 bits per heavy atom. The topological polar surface area (TPSA) is 35.5 Å². The summed E-state index contributed by atoms with van der Waals surface area (Å²) in [6.07, 6.45) is 8.31. The first-order chi connectivity index (χ1) is 21.2. The lowest BCUT2D eigenvalue weighted by molar-refractivity contribution is -0.131. The number of halogens is 1. The van der Waals surface area contributed by atoms with Crippen LogP contribution < -0.4 is 10.4 Å². The van der Waals surface area contributed by atoms with Crippen molar-refractivity contribution >= 4 is 40.9 Å². The Labute approximate surface area is 272 Å². The van der Waals surface area contributed by atoms with Crippen LogP contribution in [0.2, 0.25) is 5.04 Å². The summed E-state index contributed by atoms with van der Waals surface area (Å²) in [5.74, 6) is 1.94. The summed E-state index contributed by atoms with van der Waals surface area (Å²) >= 11 is 4.14. The second-order valence-corrected chi connectivity index (χ2v) is 20.3. The van der Waals surface area contributed by atoms with Crippen molar-refractivity contribution in [3.05, 3.63) is 109 Å². The summed E-state index contributed by atoms with van der Waals surface area (Å²) in [6.45, 7) is 9.91. The van der Waals surface area contributed by atoms with Crippen LogP contribution in [0.4, 0.5) is 0 Å². The van der Waals surface area contributed by atoms with Gasteiger partial charge < -0.3 is 14.0 Å². The van der Waals surface area contributed by atoms with Crippen molar-refractivity contribution in [2.24, 2.45) is 35.0 Å². The number of carbonyl (C=O) groups excluding carboxylic acids is 1. The third-order valence-electron chi connectivity index (χ3n) is 11.7. The SMILES string of the molecule is CC(C)(C)[Si](OC[C@H]1[C@@H](O[C@H]2[C@H](Br)[C@@H]3C[C@H]2[C@](C)(C=O)[C@@H]3c2ccccc2)[C@H]2C=C[C@@H]1C2)(c1ccccc1)c1ccccc1. The van der Waals surface area contributed by atoms with Crippen LogP contribution >= 0.6 is 15.9 Å². The van der Waals surface area contributed by atoms with E-state index >= 15 is 0 Å². The van der Waals surface area contributed by atoms with Crippen LogP contribution in [0.5, 0.6) is 0 Å². The number of aldehydes is 1. The molecule has 0 spiro atoms. The van der Waals surface area contributed by atoms with Gasteiger partial charge in [0.15, 0.2) is 0 Å². The molecule has 44 heavy (non-hydrogen) atoms.